The summed E-state index contributed by atoms with van der Waals surface area (Å²) < 4.78 is 0.915. The summed E-state index contributed by atoms with van der Waals surface area (Å²) in [5, 5.41) is 0.684. The van der Waals surface area contributed by atoms with Crippen molar-refractivity contribution >= 4 is 27.5 Å². The van der Waals surface area contributed by atoms with E-state index in [0.29, 0.717) is 5.02 Å². The fourth-order valence-electron chi connectivity index (χ4n) is 1.75. The number of halogens is 2. The van der Waals surface area contributed by atoms with Crippen LogP contribution in [-0.4, -0.2) is 4.98 Å². The van der Waals surface area contributed by atoms with Crippen molar-refractivity contribution < 1.29 is 0 Å². The molecule has 0 aliphatic carbocycles. The number of benzene rings is 1. The third-order valence-corrected chi connectivity index (χ3v) is 3.63. The van der Waals surface area contributed by atoms with Crippen molar-refractivity contribution in [3.8, 4) is 0 Å². The number of hydrogen-bond donors (Lipinski definition) is 2. The number of rotatable bonds is 3. The van der Waals surface area contributed by atoms with Crippen LogP contribution in [0.25, 0.3) is 0 Å². The zero-order valence-electron chi connectivity index (χ0n) is 9.82. The Labute approximate surface area is 119 Å². The van der Waals surface area contributed by atoms with Gasteiger partial charge in [0.25, 0.3) is 0 Å². The van der Waals surface area contributed by atoms with Gasteiger partial charge in [-0.15, -0.1) is 0 Å². The van der Waals surface area contributed by atoms with E-state index in [1.807, 2.05) is 43.5 Å². The third kappa shape index (κ3) is 2.90. The standard InChI is InChI=1S/C13H13BrClN3/c1-8-2-3-9(7-17-8)13(18-16)11-5-4-10(15)6-12(11)14/h2-7,13,18H,16H2,1H3. The lowest BCUT2D eigenvalue weighted by Gasteiger charge is -2.18. The Morgan fingerprint density at radius 3 is 2.67 bits per heavy atom. The molecule has 0 bridgehead atoms. The minimum Gasteiger partial charge on any atom is -0.271 e. The summed E-state index contributed by atoms with van der Waals surface area (Å²) in [6, 6.07) is 9.48. The molecule has 0 amide bonds. The molecule has 3 N–H and O–H groups in total. The molecular weight excluding hydrogens is 314 g/mol. The number of nitrogens with two attached hydrogens (primary N) is 1. The molecule has 0 saturated carbocycles. The van der Waals surface area contributed by atoms with Crippen LogP contribution in [-0.2, 0) is 0 Å². The smallest absolute Gasteiger partial charge is 0.0735 e. The summed E-state index contributed by atoms with van der Waals surface area (Å²) in [7, 11) is 0. The Morgan fingerprint density at radius 1 is 1.33 bits per heavy atom. The number of hydrazine groups is 1. The average Bonchev–Trinajstić information content (AvgIpc) is 2.35. The average molecular weight is 327 g/mol. The maximum Gasteiger partial charge on any atom is 0.0735 e. The molecule has 0 saturated heterocycles. The second kappa shape index (κ2) is 5.80. The second-order valence-electron chi connectivity index (χ2n) is 4.00. The zero-order chi connectivity index (χ0) is 13.1. The van der Waals surface area contributed by atoms with Gasteiger partial charge in [0.05, 0.1) is 6.04 Å². The predicted octanol–water partition coefficient (Wildman–Crippen LogP) is 3.36. The van der Waals surface area contributed by atoms with Crippen LogP contribution in [0.3, 0.4) is 0 Å². The summed E-state index contributed by atoms with van der Waals surface area (Å²) in [6.45, 7) is 1.95. The third-order valence-electron chi connectivity index (χ3n) is 2.71. The van der Waals surface area contributed by atoms with Gasteiger partial charge in [-0.25, -0.2) is 5.43 Å². The van der Waals surface area contributed by atoms with E-state index in [1.54, 1.807) is 0 Å². The maximum absolute atomic E-state index is 5.94. The van der Waals surface area contributed by atoms with E-state index < -0.39 is 0 Å². The molecular formula is C13H13BrClN3. The van der Waals surface area contributed by atoms with Gasteiger partial charge in [-0.05, 0) is 36.2 Å². The molecule has 5 heteroatoms. The second-order valence-corrected chi connectivity index (χ2v) is 5.29. The van der Waals surface area contributed by atoms with Gasteiger partial charge in [0.1, 0.15) is 0 Å². The summed E-state index contributed by atoms with van der Waals surface area (Å²) in [5.41, 5.74) is 5.80. The van der Waals surface area contributed by atoms with Crippen LogP contribution in [0.2, 0.25) is 5.02 Å². The van der Waals surface area contributed by atoms with Crippen molar-refractivity contribution in [3.05, 3.63) is 62.8 Å². The van der Waals surface area contributed by atoms with E-state index >= 15 is 0 Å². The van der Waals surface area contributed by atoms with E-state index in [2.05, 4.69) is 26.3 Å². The van der Waals surface area contributed by atoms with Crippen molar-refractivity contribution in [1.82, 2.24) is 10.4 Å². The Balaban J connectivity index is 2.41. The van der Waals surface area contributed by atoms with E-state index in [-0.39, 0.29) is 6.04 Å². The molecule has 3 nitrogen and oxygen atoms in total. The molecule has 0 fully saturated rings. The van der Waals surface area contributed by atoms with Gasteiger partial charge in [-0.3, -0.25) is 10.8 Å². The number of nitrogens with one attached hydrogen (secondary N) is 1. The van der Waals surface area contributed by atoms with Crippen LogP contribution in [0.5, 0.6) is 0 Å². The predicted molar refractivity (Wildman–Crippen MR) is 77.3 cm³/mol. The van der Waals surface area contributed by atoms with Gasteiger partial charge in [-0.2, -0.15) is 0 Å². The van der Waals surface area contributed by atoms with E-state index in [4.69, 9.17) is 17.4 Å². The molecule has 1 heterocycles. The van der Waals surface area contributed by atoms with Gasteiger partial charge in [0.2, 0.25) is 0 Å². The highest BCUT2D eigenvalue weighted by Gasteiger charge is 2.15. The van der Waals surface area contributed by atoms with Crippen LogP contribution < -0.4 is 11.3 Å². The first-order valence-corrected chi connectivity index (χ1v) is 6.62. The lowest BCUT2D eigenvalue weighted by Crippen LogP contribution is -2.29. The van der Waals surface area contributed by atoms with Crippen LogP contribution in [0.4, 0.5) is 0 Å². The molecule has 0 aliphatic heterocycles. The largest absolute Gasteiger partial charge is 0.271 e. The van der Waals surface area contributed by atoms with Crippen molar-refractivity contribution in [1.29, 1.82) is 0 Å². The minimum atomic E-state index is -0.121. The molecule has 1 aromatic heterocycles. The maximum atomic E-state index is 5.94. The highest BCUT2D eigenvalue weighted by molar-refractivity contribution is 9.10. The number of aromatic nitrogens is 1. The van der Waals surface area contributed by atoms with Crippen LogP contribution in [0.1, 0.15) is 22.9 Å². The summed E-state index contributed by atoms with van der Waals surface area (Å²) in [6.07, 6.45) is 1.82. The molecule has 0 spiro atoms. The molecule has 2 aromatic rings. The van der Waals surface area contributed by atoms with Crippen LogP contribution in [0.15, 0.2) is 41.0 Å². The van der Waals surface area contributed by atoms with Gasteiger partial charge in [-0.1, -0.05) is 39.7 Å². The molecule has 1 unspecified atom stereocenters. The monoisotopic (exact) mass is 325 g/mol. The highest BCUT2D eigenvalue weighted by Crippen LogP contribution is 2.30. The molecule has 94 valence electrons. The van der Waals surface area contributed by atoms with E-state index in [9.17, 15) is 0 Å². The lowest BCUT2D eigenvalue weighted by atomic mass is 10.0. The lowest BCUT2D eigenvalue weighted by molar-refractivity contribution is 0.632. The number of aryl methyl sites for hydroxylation is 1. The fraction of sp³-hybridized carbons (Fsp3) is 0.154. The van der Waals surface area contributed by atoms with Crippen molar-refractivity contribution in [2.75, 3.05) is 0 Å². The van der Waals surface area contributed by atoms with Crippen LogP contribution >= 0.6 is 27.5 Å². The zero-order valence-corrected chi connectivity index (χ0v) is 12.2. The van der Waals surface area contributed by atoms with Crippen molar-refractivity contribution in [2.24, 2.45) is 5.84 Å². The Bertz CT molecular complexity index is 542. The molecule has 2 rings (SSSR count). The van der Waals surface area contributed by atoms with Crippen molar-refractivity contribution in [2.45, 2.75) is 13.0 Å². The summed E-state index contributed by atoms with van der Waals surface area (Å²) in [4.78, 5) is 4.28. The number of hydrogen-bond acceptors (Lipinski definition) is 3. The minimum absolute atomic E-state index is 0.121. The van der Waals surface area contributed by atoms with E-state index in [1.165, 1.54) is 0 Å². The first-order valence-electron chi connectivity index (χ1n) is 5.45. The molecule has 1 atom stereocenters. The Kier molecular flexibility index (Phi) is 4.35. The Morgan fingerprint density at radius 2 is 2.11 bits per heavy atom. The topological polar surface area (TPSA) is 50.9 Å². The SMILES string of the molecule is Cc1ccc(C(NN)c2ccc(Cl)cc2Br)cn1. The Hall–Kier alpha value is -0.940. The van der Waals surface area contributed by atoms with Crippen LogP contribution in [0, 0.1) is 6.92 Å². The van der Waals surface area contributed by atoms with E-state index in [0.717, 1.165) is 21.3 Å². The first kappa shape index (κ1) is 13.5. The van der Waals surface area contributed by atoms with Gasteiger partial charge >= 0.3 is 0 Å². The summed E-state index contributed by atoms with van der Waals surface area (Å²) >= 11 is 9.44. The molecule has 18 heavy (non-hydrogen) atoms. The highest BCUT2D eigenvalue weighted by atomic mass is 79.9. The summed E-state index contributed by atoms with van der Waals surface area (Å²) in [5.74, 6) is 5.65. The fourth-order valence-corrected chi connectivity index (χ4v) is 2.66. The number of pyridine rings is 1. The van der Waals surface area contributed by atoms with Gasteiger partial charge < -0.3 is 0 Å². The number of nitrogens with zero attached hydrogens (tertiary/aromatic N) is 1. The van der Waals surface area contributed by atoms with Gasteiger partial charge in [0, 0.05) is 21.4 Å². The van der Waals surface area contributed by atoms with Crippen molar-refractivity contribution in [3.63, 3.8) is 0 Å². The quantitative estimate of drug-likeness (QED) is 0.672. The first-order chi connectivity index (χ1) is 8.61. The molecule has 1 aromatic carbocycles. The molecule has 0 radical (unpaired) electrons. The van der Waals surface area contributed by atoms with Gasteiger partial charge in [0.15, 0.2) is 0 Å². The molecule has 0 aliphatic rings. The normalized spacial score (nSPS) is 12.4.